The Labute approximate surface area is 279 Å². The summed E-state index contributed by atoms with van der Waals surface area (Å²) in [6, 6.07) is 3.99. The van der Waals surface area contributed by atoms with Crippen LogP contribution in [0.1, 0.15) is 57.1 Å². The number of ether oxygens (including phenoxy) is 1. The first-order valence-corrected chi connectivity index (χ1v) is 16.4. The van der Waals surface area contributed by atoms with Crippen LogP contribution in [-0.4, -0.2) is 90.8 Å². The van der Waals surface area contributed by atoms with Crippen LogP contribution in [0.5, 0.6) is 5.88 Å². The van der Waals surface area contributed by atoms with Crippen molar-refractivity contribution in [2.75, 3.05) is 45.7 Å². The zero-order chi connectivity index (χ0) is 35.0. The molecule has 1 aliphatic heterocycles. The average molecular weight is 675 g/mol. The topological polar surface area (TPSA) is 133 Å². The molecule has 0 radical (unpaired) electrons. The maximum Gasteiger partial charge on any atom is 0.351 e. The fourth-order valence-corrected chi connectivity index (χ4v) is 6.04. The summed E-state index contributed by atoms with van der Waals surface area (Å²) >= 11 is 0. The standard InChI is InChI=1S/C34H45F3N6O5/c1-5-28(44)39-27(32(46)43-16-14-42(3)15-17-43)19-22-8-12-26(25(35)18-22)40-31(45)30(23-9-6-21(2)7-10-23)41-33(47)34(36,37)24-11-13-29(48-4)38-20-24/h8,11-13,18,20-21,23,27,30H,5-7,9-10,14-17,19H2,1-4H3,(H,39,44)(H,40,45)(H,41,47). The zero-order valence-corrected chi connectivity index (χ0v) is 27.9. The molecule has 14 heteroatoms. The molecule has 0 spiro atoms. The van der Waals surface area contributed by atoms with E-state index in [0.29, 0.717) is 50.5 Å². The van der Waals surface area contributed by atoms with Gasteiger partial charge in [-0.25, -0.2) is 9.37 Å². The van der Waals surface area contributed by atoms with Crippen molar-refractivity contribution in [1.29, 1.82) is 0 Å². The summed E-state index contributed by atoms with van der Waals surface area (Å²) in [4.78, 5) is 59.6. The van der Waals surface area contributed by atoms with Crippen molar-refractivity contribution in [2.45, 2.75) is 70.4 Å². The summed E-state index contributed by atoms with van der Waals surface area (Å²) in [6.45, 7) is 6.14. The third-order valence-corrected chi connectivity index (χ3v) is 9.19. The van der Waals surface area contributed by atoms with Crippen LogP contribution in [0.4, 0.5) is 18.9 Å². The average Bonchev–Trinajstić information content (AvgIpc) is 3.08. The van der Waals surface area contributed by atoms with Crippen molar-refractivity contribution in [1.82, 2.24) is 25.4 Å². The van der Waals surface area contributed by atoms with E-state index >= 15 is 13.2 Å². The molecule has 2 unspecified atom stereocenters. The van der Waals surface area contributed by atoms with Gasteiger partial charge < -0.3 is 30.5 Å². The molecule has 2 fully saturated rings. The first kappa shape index (κ1) is 36.6. The first-order chi connectivity index (χ1) is 22.8. The molecular formula is C34H45F3N6O5. The lowest BCUT2D eigenvalue weighted by Crippen LogP contribution is -2.54. The van der Waals surface area contributed by atoms with Crippen molar-refractivity contribution in [2.24, 2.45) is 11.8 Å². The molecule has 1 aromatic heterocycles. The Balaban J connectivity index is 1.50. The molecule has 1 aromatic carbocycles. The molecule has 48 heavy (non-hydrogen) atoms. The molecule has 11 nitrogen and oxygen atoms in total. The lowest BCUT2D eigenvalue weighted by Gasteiger charge is -2.35. The Morgan fingerprint density at radius 3 is 2.29 bits per heavy atom. The van der Waals surface area contributed by atoms with E-state index in [4.69, 9.17) is 4.74 Å². The molecule has 0 bridgehead atoms. The summed E-state index contributed by atoms with van der Waals surface area (Å²) in [5.74, 6) is -7.85. The van der Waals surface area contributed by atoms with Gasteiger partial charge in [-0.15, -0.1) is 0 Å². The third-order valence-electron chi connectivity index (χ3n) is 9.19. The molecule has 262 valence electrons. The number of hydrogen-bond acceptors (Lipinski definition) is 7. The van der Waals surface area contributed by atoms with Crippen molar-refractivity contribution in [3.63, 3.8) is 0 Å². The molecule has 1 saturated heterocycles. The van der Waals surface area contributed by atoms with Crippen LogP contribution in [-0.2, 0) is 31.5 Å². The minimum Gasteiger partial charge on any atom is -0.481 e. The van der Waals surface area contributed by atoms with E-state index in [1.54, 1.807) is 11.8 Å². The molecule has 4 rings (SSSR count). The summed E-state index contributed by atoms with van der Waals surface area (Å²) < 4.78 is 50.8. The number of likely N-dealkylation sites (N-methyl/N-ethyl adjacent to an activating group) is 1. The molecule has 1 saturated carbocycles. The Morgan fingerprint density at radius 2 is 1.71 bits per heavy atom. The number of methoxy groups -OCH3 is 1. The lowest BCUT2D eigenvalue weighted by atomic mass is 9.79. The van der Waals surface area contributed by atoms with E-state index in [2.05, 4.69) is 32.8 Å². The van der Waals surface area contributed by atoms with Crippen molar-refractivity contribution in [3.8, 4) is 5.88 Å². The lowest BCUT2D eigenvalue weighted by molar-refractivity contribution is -0.149. The normalized spacial score (nSPS) is 19.9. The van der Waals surface area contributed by atoms with Gasteiger partial charge in [-0.05, 0) is 55.5 Å². The number of carbonyl (C=O) groups is 4. The van der Waals surface area contributed by atoms with Gasteiger partial charge in [0.15, 0.2) is 0 Å². The van der Waals surface area contributed by atoms with Gasteiger partial charge in [-0.2, -0.15) is 8.78 Å². The maximum atomic E-state index is 15.5. The number of benzene rings is 1. The van der Waals surface area contributed by atoms with E-state index in [1.807, 2.05) is 7.05 Å². The smallest absolute Gasteiger partial charge is 0.351 e. The largest absolute Gasteiger partial charge is 0.481 e. The minimum atomic E-state index is -4.00. The third kappa shape index (κ3) is 9.24. The second-order valence-corrected chi connectivity index (χ2v) is 12.7. The van der Waals surface area contributed by atoms with Gasteiger partial charge in [0.05, 0.1) is 12.8 Å². The Kier molecular flexibility index (Phi) is 12.4. The molecular weight excluding hydrogens is 629 g/mol. The zero-order valence-electron chi connectivity index (χ0n) is 27.9. The molecule has 3 N–H and O–H groups in total. The number of aromatic nitrogens is 1. The number of nitrogens with one attached hydrogen (secondary N) is 3. The van der Waals surface area contributed by atoms with Crippen LogP contribution in [0, 0.1) is 17.7 Å². The highest BCUT2D eigenvalue weighted by atomic mass is 19.3. The number of halogens is 3. The number of carbonyl (C=O) groups excluding carboxylic acids is 4. The summed E-state index contributed by atoms with van der Waals surface area (Å²) in [5.41, 5.74) is -0.468. The van der Waals surface area contributed by atoms with Crippen LogP contribution in [0.2, 0.25) is 0 Å². The number of anilines is 1. The number of amides is 4. The number of nitrogens with zero attached hydrogens (tertiary/aromatic N) is 3. The van der Waals surface area contributed by atoms with Crippen LogP contribution >= 0.6 is 0 Å². The second-order valence-electron chi connectivity index (χ2n) is 12.7. The molecule has 2 heterocycles. The Morgan fingerprint density at radius 1 is 1.02 bits per heavy atom. The first-order valence-electron chi connectivity index (χ1n) is 16.4. The van der Waals surface area contributed by atoms with Crippen LogP contribution in [0.3, 0.4) is 0 Å². The highest BCUT2D eigenvalue weighted by Crippen LogP contribution is 2.33. The van der Waals surface area contributed by atoms with Gasteiger partial charge in [-0.3, -0.25) is 19.2 Å². The van der Waals surface area contributed by atoms with E-state index in [-0.39, 0.29) is 36.2 Å². The van der Waals surface area contributed by atoms with Crippen LogP contribution < -0.4 is 20.7 Å². The molecule has 2 aliphatic rings. The fourth-order valence-electron chi connectivity index (χ4n) is 6.04. The maximum absolute atomic E-state index is 15.5. The van der Waals surface area contributed by atoms with Crippen molar-refractivity contribution in [3.05, 3.63) is 53.5 Å². The molecule has 2 atom stereocenters. The van der Waals surface area contributed by atoms with Crippen LogP contribution in [0.15, 0.2) is 36.5 Å². The Hall–Kier alpha value is -4.20. The van der Waals surface area contributed by atoms with Crippen LogP contribution in [0.25, 0.3) is 0 Å². The van der Waals surface area contributed by atoms with Gasteiger partial charge in [0.25, 0.3) is 5.91 Å². The van der Waals surface area contributed by atoms with E-state index in [9.17, 15) is 19.2 Å². The number of hydrogen-bond donors (Lipinski definition) is 3. The monoisotopic (exact) mass is 674 g/mol. The van der Waals surface area contributed by atoms with Gasteiger partial charge in [-0.1, -0.05) is 32.8 Å². The summed E-state index contributed by atoms with van der Waals surface area (Å²) in [5, 5.41) is 7.47. The van der Waals surface area contributed by atoms with E-state index < -0.39 is 47.1 Å². The van der Waals surface area contributed by atoms with Crippen molar-refractivity contribution >= 4 is 29.3 Å². The van der Waals surface area contributed by atoms with Gasteiger partial charge >= 0.3 is 5.92 Å². The minimum absolute atomic E-state index is 0.0241. The Bertz CT molecular complexity index is 1440. The number of piperazine rings is 1. The SMILES string of the molecule is CCC(=O)NC(Cc1ccc(NC(=O)C(NC(=O)C(F)(F)c2ccc(OC)nc2)C2CCC(C)CC2)c(F)c1)C(=O)N1CCN(C)CC1. The predicted molar refractivity (Wildman–Crippen MR) is 173 cm³/mol. The van der Waals surface area contributed by atoms with Gasteiger partial charge in [0.1, 0.15) is 17.9 Å². The number of pyridine rings is 1. The second kappa shape index (κ2) is 16.3. The van der Waals surface area contributed by atoms with Gasteiger partial charge in [0, 0.05) is 56.8 Å². The predicted octanol–water partition coefficient (Wildman–Crippen LogP) is 3.48. The van der Waals surface area contributed by atoms with Crippen molar-refractivity contribution < 1.29 is 37.1 Å². The molecule has 2 aromatic rings. The van der Waals surface area contributed by atoms with E-state index in [1.165, 1.54) is 31.4 Å². The highest BCUT2D eigenvalue weighted by Gasteiger charge is 2.44. The highest BCUT2D eigenvalue weighted by molar-refractivity contribution is 5.98. The fraction of sp³-hybridized carbons (Fsp3) is 0.559. The molecule has 4 amide bonds. The quantitative estimate of drug-likeness (QED) is 0.314. The number of rotatable bonds is 12. The van der Waals surface area contributed by atoms with E-state index in [0.717, 1.165) is 25.1 Å². The summed E-state index contributed by atoms with van der Waals surface area (Å²) in [7, 11) is 3.29. The summed E-state index contributed by atoms with van der Waals surface area (Å²) in [6.07, 6.45) is 3.56. The number of alkyl halides is 2. The van der Waals surface area contributed by atoms with Gasteiger partial charge in [0.2, 0.25) is 23.6 Å². The molecule has 1 aliphatic carbocycles.